The lowest BCUT2D eigenvalue weighted by atomic mass is 10.1. The zero-order valence-corrected chi connectivity index (χ0v) is 10.5. The second-order valence-corrected chi connectivity index (χ2v) is 4.75. The van der Waals surface area contributed by atoms with E-state index < -0.39 is 0 Å². The van der Waals surface area contributed by atoms with Crippen molar-refractivity contribution in [2.45, 2.75) is 13.3 Å². The van der Waals surface area contributed by atoms with Gasteiger partial charge in [-0.1, -0.05) is 24.2 Å². The van der Waals surface area contributed by atoms with Crippen LogP contribution in [0.15, 0.2) is 29.4 Å². The van der Waals surface area contributed by atoms with E-state index in [1.807, 2.05) is 6.07 Å². The van der Waals surface area contributed by atoms with Crippen LogP contribution in [-0.2, 0) is 4.79 Å². The first-order valence-corrected chi connectivity index (χ1v) is 5.90. The predicted molar refractivity (Wildman–Crippen MR) is 69.6 cm³/mol. The number of benzene rings is 1. The Balaban J connectivity index is 2.20. The summed E-state index contributed by atoms with van der Waals surface area (Å²) in [5, 5.41) is 11.6. The predicted octanol–water partition coefficient (Wildman–Crippen LogP) is 1.40. The largest absolute Gasteiger partial charge is 0.409 e. The minimum Gasteiger partial charge on any atom is -0.409 e. The number of oxime groups is 1. The number of anilines is 1. The highest BCUT2D eigenvalue weighted by Gasteiger charge is 2.40. The molecule has 2 rings (SSSR count). The second-order valence-electron chi connectivity index (χ2n) is 4.75. The molecule has 1 aromatic carbocycles. The van der Waals surface area contributed by atoms with Gasteiger partial charge in [0.25, 0.3) is 0 Å². The van der Waals surface area contributed by atoms with E-state index in [0.29, 0.717) is 11.5 Å². The SMILES string of the molecule is CC1CC1C(=O)N(C)c1cccc(/C(N)=N/O)c1. The van der Waals surface area contributed by atoms with Gasteiger partial charge in [-0.2, -0.15) is 0 Å². The number of rotatable bonds is 3. The van der Waals surface area contributed by atoms with Crippen molar-refractivity contribution in [3.05, 3.63) is 29.8 Å². The third-order valence-electron chi connectivity index (χ3n) is 3.39. The summed E-state index contributed by atoms with van der Waals surface area (Å²) in [7, 11) is 1.75. The van der Waals surface area contributed by atoms with Crippen LogP contribution in [0.25, 0.3) is 0 Å². The molecule has 1 aromatic rings. The van der Waals surface area contributed by atoms with Crippen LogP contribution in [0.1, 0.15) is 18.9 Å². The summed E-state index contributed by atoms with van der Waals surface area (Å²) in [5.41, 5.74) is 6.88. The zero-order valence-electron chi connectivity index (χ0n) is 10.5. The molecule has 1 aliphatic rings. The first kappa shape index (κ1) is 12.4. The maximum Gasteiger partial charge on any atom is 0.230 e. The molecular weight excluding hydrogens is 230 g/mol. The van der Waals surface area contributed by atoms with Gasteiger partial charge in [-0.25, -0.2) is 0 Å². The Morgan fingerprint density at radius 2 is 2.22 bits per heavy atom. The minimum absolute atomic E-state index is 0.0393. The van der Waals surface area contributed by atoms with E-state index in [1.54, 1.807) is 30.1 Å². The molecule has 5 nitrogen and oxygen atoms in total. The molecular formula is C13H17N3O2. The maximum atomic E-state index is 12.1. The van der Waals surface area contributed by atoms with E-state index in [0.717, 1.165) is 12.1 Å². The van der Waals surface area contributed by atoms with Crippen LogP contribution >= 0.6 is 0 Å². The number of hydrogen-bond acceptors (Lipinski definition) is 3. The number of carbonyl (C=O) groups excluding carboxylic acids is 1. The second kappa shape index (κ2) is 4.68. The Labute approximate surface area is 106 Å². The highest BCUT2D eigenvalue weighted by molar-refractivity contribution is 6.00. The van der Waals surface area contributed by atoms with E-state index in [-0.39, 0.29) is 17.7 Å². The van der Waals surface area contributed by atoms with Crippen molar-refractivity contribution in [3.63, 3.8) is 0 Å². The van der Waals surface area contributed by atoms with Gasteiger partial charge in [0.2, 0.25) is 5.91 Å². The monoisotopic (exact) mass is 247 g/mol. The van der Waals surface area contributed by atoms with Gasteiger partial charge in [0.1, 0.15) is 0 Å². The van der Waals surface area contributed by atoms with Crippen molar-refractivity contribution < 1.29 is 10.0 Å². The molecule has 1 saturated carbocycles. The average molecular weight is 247 g/mol. The summed E-state index contributed by atoms with van der Waals surface area (Å²) < 4.78 is 0. The van der Waals surface area contributed by atoms with Crippen LogP contribution < -0.4 is 10.6 Å². The Morgan fingerprint density at radius 3 is 2.78 bits per heavy atom. The highest BCUT2D eigenvalue weighted by Crippen LogP contribution is 2.39. The Bertz CT molecular complexity index is 499. The number of nitrogens with zero attached hydrogens (tertiary/aromatic N) is 2. The molecule has 1 aliphatic carbocycles. The molecule has 2 atom stereocenters. The van der Waals surface area contributed by atoms with Crippen LogP contribution in [0.5, 0.6) is 0 Å². The van der Waals surface area contributed by atoms with Gasteiger partial charge >= 0.3 is 0 Å². The van der Waals surface area contributed by atoms with Gasteiger partial charge in [0, 0.05) is 24.2 Å². The lowest BCUT2D eigenvalue weighted by Gasteiger charge is -2.18. The van der Waals surface area contributed by atoms with E-state index in [2.05, 4.69) is 12.1 Å². The van der Waals surface area contributed by atoms with E-state index in [1.165, 1.54) is 0 Å². The van der Waals surface area contributed by atoms with Crippen molar-refractivity contribution >= 4 is 17.4 Å². The van der Waals surface area contributed by atoms with Gasteiger partial charge in [-0.15, -0.1) is 0 Å². The van der Waals surface area contributed by atoms with Gasteiger partial charge in [-0.05, 0) is 24.5 Å². The molecule has 0 spiro atoms. The fraction of sp³-hybridized carbons (Fsp3) is 0.385. The van der Waals surface area contributed by atoms with Crippen molar-refractivity contribution in [2.24, 2.45) is 22.7 Å². The van der Waals surface area contributed by atoms with Gasteiger partial charge in [0.15, 0.2) is 5.84 Å². The molecule has 0 saturated heterocycles. The van der Waals surface area contributed by atoms with Crippen LogP contribution in [0, 0.1) is 11.8 Å². The first-order valence-electron chi connectivity index (χ1n) is 5.90. The average Bonchev–Trinajstić information content (AvgIpc) is 3.13. The summed E-state index contributed by atoms with van der Waals surface area (Å²) in [6, 6.07) is 7.08. The summed E-state index contributed by atoms with van der Waals surface area (Å²) in [5.74, 6) is 0.784. The molecule has 0 radical (unpaired) electrons. The fourth-order valence-corrected chi connectivity index (χ4v) is 1.97. The molecule has 1 amide bonds. The zero-order chi connectivity index (χ0) is 13.3. The number of hydrogen-bond donors (Lipinski definition) is 2. The molecule has 2 unspecified atom stereocenters. The fourth-order valence-electron chi connectivity index (χ4n) is 1.97. The smallest absolute Gasteiger partial charge is 0.230 e. The summed E-state index contributed by atoms with van der Waals surface area (Å²) in [6.45, 7) is 2.07. The topological polar surface area (TPSA) is 78.9 Å². The number of carbonyl (C=O) groups is 1. The summed E-state index contributed by atoms with van der Waals surface area (Å²) in [6.07, 6.45) is 0.961. The third-order valence-corrected chi connectivity index (χ3v) is 3.39. The molecule has 1 fully saturated rings. The van der Waals surface area contributed by atoms with Crippen LogP contribution in [0.3, 0.4) is 0 Å². The normalized spacial score (nSPS) is 22.7. The first-order chi connectivity index (χ1) is 8.54. The summed E-state index contributed by atoms with van der Waals surface area (Å²) >= 11 is 0. The molecule has 18 heavy (non-hydrogen) atoms. The molecule has 0 bridgehead atoms. The summed E-state index contributed by atoms with van der Waals surface area (Å²) in [4.78, 5) is 13.7. The van der Waals surface area contributed by atoms with Crippen molar-refractivity contribution in [1.29, 1.82) is 0 Å². The lowest BCUT2D eigenvalue weighted by molar-refractivity contribution is -0.119. The van der Waals surface area contributed by atoms with E-state index in [4.69, 9.17) is 10.9 Å². The quantitative estimate of drug-likeness (QED) is 0.367. The lowest BCUT2D eigenvalue weighted by Crippen LogP contribution is -2.28. The maximum absolute atomic E-state index is 12.1. The number of amides is 1. The Hall–Kier alpha value is -2.04. The van der Waals surface area contributed by atoms with Crippen molar-refractivity contribution in [1.82, 2.24) is 0 Å². The number of amidine groups is 1. The van der Waals surface area contributed by atoms with E-state index in [9.17, 15) is 4.79 Å². The molecule has 96 valence electrons. The molecule has 5 heteroatoms. The number of nitrogens with two attached hydrogens (primary N) is 1. The molecule has 0 heterocycles. The molecule has 0 aromatic heterocycles. The van der Waals surface area contributed by atoms with Gasteiger partial charge in [0.05, 0.1) is 0 Å². The van der Waals surface area contributed by atoms with E-state index >= 15 is 0 Å². The van der Waals surface area contributed by atoms with Crippen LogP contribution in [0.4, 0.5) is 5.69 Å². The third kappa shape index (κ3) is 2.30. The van der Waals surface area contributed by atoms with Crippen LogP contribution in [0.2, 0.25) is 0 Å². The van der Waals surface area contributed by atoms with Crippen molar-refractivity contribution in [2.75, 3.05) is 11.9 Å². The highest BCUT2D eigenvalue weighted by atomic mass is 16.4. The Kier molecular flexibility index (Phi) is 3.23. The van der Waals surface area contributed by atoms with Gasteiger partial charge in [-0.3, -0.25) is 4.79 Å². The molecule has 3 N–H and O–H groups in total. The Morgan fingerprint density at radius 1 is 1.56 bits per heavy atom. The minimum atomic E-state index is 0.0393. The molecule has 0 aliphatic heterocycles. The van der Waals surface area contributed by atoms with Crippen LogP contribution in [-0.4, -0.2) is 24.0 Å². The standard InChI is InChI=1S/C13H17N3O2/c1-8-6-11(8)13(17)16(2)10-5-3-4-9(7-10)12(14)15-18/h3-5,7-8,11,18H,6H2,1-2H3,(H2,14,15). The van der Waals surface area contributed by atoms with Gasteiger partial charge < -0.3 is 15.8 Å². The van der Waals surface area contributed by atoms with Crippen molar-refractivity contribution in [3.8, 4) is 0 Å².